The molecule has 1 heterocycles. The van der Waals surface area contributed by atoms with E-state index in [0.29, 0.717) is 18.2 Å². The van der Waals surface area contributed by atoms with Crippen molar-refractivity contribution in [2.75, 3.05) is 5.32 Å². The van der Waals surface area contributed by atoms with Crippen LogP contribution in [0.25, 0.3) is 0 Å². The number of halogens is 1. The van der Waals surface area contributed by atoms with Crippen molar-refractivity contribution in [3.05, 3.63) is 71.0 Å². The monoisotopic (exact) mass is 416 g/mol. The summed E-state index contributed by atoms with van der Waals surface area (Å²) in [7, 11) is 0. The van der Waals surface area contributed by atoms with Gasteiger partial charge in [0, 0.05) is 13.1 Å². The minimum absolute atomic E-state index is 0.0402. The summed E-state index contributed by atoms with van der Waals surface area (Å²) < 4.78 is 13.7. The number of hydrogen-bond acceptors (Lipinski definition) is 6. The van der Waals surface area contributed by atoms with Gasteiger partial charge in [-0.05, 0) is 37.1 Å². The van der Waals surface area contributed by atoms with E-state index in [1.54, 1.807) is 12.1 Å². The maximum absolute atomic E-state index is 12.9. The SMILES string of the molecule is Cc1ccc(CNC(=O)C(C)Sc2nnc(NCc3ccc(F)cc3)s2)cc1. The largest absolute Gasteiger partial charge is 0.356 e. The number of thioether (sulfide) groups is 1. The zero-order valence-electron chi connectivity index (χ0n) is 15.6. The fourth-order valence-electron chi connectivity index (χ4n) is 2.35. The Morgan fingerprint density at radius 3 is 2.43 bits per heavy atom. The van der Waals surface area contributed by atoms with Gasteiger partial charge in [-0.1, -0.05) is 65.1 Å². The zero-order chi connectivity index (χ0) is 19.9. The van der Waals surface area contributed by atoms with E-state index in [9.17, 15) is 9.18 Å². The highest BCUT2D eigenvalue weighted by Crippen LogP contribution is 2.29. The Balaban J connectivity index is 1.46. The highest BCUT2D eigenvalue weighted by molar-refractivity contribution is 8.02. The zero-order valence-corrected chi connectivity index (χ0v) is 17.2. The molecule has 0 radical (unpaired) electrons. The van der Waals surface area contributed by atoms with Gasteiger partial charge in [-0.3, -0.25) is 4.79 Å². The molecule has 0 spiro atoms. The third-order valence-electron chi connectivity index (χ3n) is 4.00. The Hall–Kier alpha value is -2.45. The minimum atomic E-state index is -0.275. The van der Waals surface area contributed by atoms with E-state index in [0.717, 1.165) is 15.5 Å². The maximum atomic E-state index is 12.9. The van der Waals surface area contributed by atoms with E-state index in [-0.39, 0.29) is 17.0 Å². The van der Waals surface area contributed by atoms with Gasteiger partial charge in [-0.25, -0.2) is 4.39 Å². The van der Waals surface area contributed by atoms with E-state index < -0.39 is 0 Å². The average Bonchev–Trinajstić information content (AvgIpc) is 3.14. The molecule has 0 aliphatic heterocycles. The van der Waals surface area contributed by atoms with E-state index >= 15 is 0 Å². The van der Waals surface area contributed by atoms with Gasteiger partial charge in [0.1, 0.15) is 5.82 Å². The van der Waals surface area contributed by atoms with Gasteiger partial charge in [-0.2, -0.15) is 0 Å². The molecule has 0 saturated heterocycles. The Morgan fingerprint density at radius 2 is 1.71 bits per heavy atom. The normalized spacial score (nSPS) is 11.8. The average molecular weight is 417 g/mol. The van der Waals surface area contributed by atoms with Crippen molar-refractivity contribution in [2.24, 2.45) is 0 Å². The van der Waals surface area contributed by atoms with Crippen molar-refractivity contribution in [1.29, 1.82) is 0 Å². The first-order valence-corrected chi connectivity index (χ1v) is 10.5. The molecule has 1 aromatic heterocycles. The van der Waals surface area contributed by atoms with Crippen molar-refractivity contribution in [2.45, 2.75) is 36.5 Å². The Labute approximate surface area is 171 Å². The van der Waals surface area contributed by atoms with Gasteiger partial charge in [0.15, 0.2) is 4.34 Å². The van der Waals surface area contributed by atoms with Gasteiger partial charge < -0.3 is 10.6 Å². The predicted molar refractivity (Wildman–Crippen MR) is 112 cm³/mol. The van der Waals surface area contributed by atoms with E-state index in [1.165, 1.54) is 40.8 Å². The molecule has 0 saturated carbocycles. The van der Waals surface area contributed by atoms with Crippen molar-refractivity contribution >= 4 is 34.1 Å². The quantitative estimate of drug-likeness (QED) is 0.533. The maximum Gasteiger partial charge on any atom is 0.233 e. The van der Waals surface area contributed by atoms with Crippen LogP contribution in [-0.4, -0.2) is 21.4 Å². The van der Waals surface area contributed by atoms with Crippen molar-refractivity contribution in [1.82, 2.24) is 15.5 Å². The second kappa shape index (κ2) is 9.66. The molecule has 1 amide bonds. The van der Waals surface area contributed by atoms with Gasteiger partial charge in [0.2, 0.25) is 11.0 Å². The molecule has 0 aliphatic carbocycles. The number of carbonyl (C=O) groups excluding carboxylic acids is 1. The lowest BCUT2D eigenvalue weighted by molar-refractivity contribution is -0.120. The van der Waals surface area contributed by atoms with Crippen LogP contribution >= 0.6 is 23.1 Å². The molecule has 2 N–H and O–H groups in total. The number of aromatic nitrogens is 2. The lowest BCUT2D eigenvalue weighted by Crippen LogP contribution is -2.30. The number of amides is 1. The van der Waals surface area contributed by atoms with Crippen LogP contribution in [0.2, 0.25) is 0 Å². The summed E-state index contributed by atoms with van der Waals surface area (Å²) in [6, 6.07) is 14.4. The molecule has 3 rings (SSSR count). The molecule has 5 nitrogen and oxygen atoms in total. The number of nitrogens with zero attached hydrogens (tertiary/aromatic N) is 2. The van der Waals surface area contributed by atoms with Crippen LogP contribution in [0.4, 0.5) is 9.52 Å². The number of benzene rings is 2. The van der Waals surface area contributed by atoms with Gasteiger partial charge in [0.05, 0.1) is 5.25 Å². The van der Waals surface area contributed by atoms with Gasteiger partial charge in [0.25, 0.3) is 0 Å². The predicted octanol–water partition coefficient (Wildman–Crippen LogP) is 4.39. The number of carbonyl (C=O) groups is 1. The molecule has 1 atom stereocenters. The van der Waals surface area contributed by atoms with Crippen LogP contribution in [0.15, 0.2) is 52.9 Å². The molecule has 1 unspecified atom stereocenters. The molecule has 28 heavy (non-hydrogen) atoms. The minimum Gasteiger partial charge on any atom is -0.356 e. The van der Waals surface area contributed by atoms with E-state index in [1.807, 2.05) is 38.1 Å². The Bertz CT molecular complexity index is 913. The first-order valence-electron chi connectivity index (χ1n) is 8.81. The summed E-state index contributed by atoms with van der Waals surface area (Å²) in [4.78, 5) is 12.3. The number of anilines is 1. The van der Waals surface area contributed by atoms with Crippen LogP contribution in [0, 0.1) is 12.7 Å². The standard InChI is InChI=1S/C20H21FN4OS2/c1-13-3-5-15(6-4-13)11-22-18(26)14(2)27-20-25-24-19(28-20)23-12-16-7-9-17(21)10-8-16/h3-10,14H,11-12H2,1-2H3,(H,22,26)(H,23,24). The Kier molecular flexibility index (Phi) is 7.00. The smallest absolute Gasteiger partial charge is 0.233 e. The number of rotatable bonds is 8. The van der Waals surface area contributed by atoms with Crippen molar-refractivity contribution < 1.29 is 9.18 Å². The Morgan fingerprint density at radius 1 is 1.07 bits per heavy atom. The fourth-order valence-corrected chi connectivity index (χ4v) is 4.27. The highest BCUT2D eigenvalue weighted by atomic mass is 32.2. The molecule has 0 fully saturated rings. The highest BCUT2D eigenvalue weighted by Gasteiger charge is 2.17. The topological polar surface area (TPSA) is 66.9 Å². The molecule has 2 aromatic carbocycles. The van der Waals surface area contributed by atoms with Crippen LogP contribution in [0.5, 0.6) is 0 Å². The van der Waals surface area contributed by atoms with Crippen LogP contribution in [0.3, 0.4) is 0 Å². The summed E-state index contributed by atoms with van der Waals surface area (Å²) in [6.45, 7) is 4.92. The fraction of sp³-hybridized carbons (Fsp3) is 0.250. The first-order chi connectivity index (χ1) is 13.5. The second-order valence-electron chi connectivity index (χ2n) is 6.32. The third kappa shape index (κ3) is 6.03. The molecular weight excluding hydrogens is 395 g/mol. The molecule has 146 valence electrons. The van der Waals surface area contributed by atoms with Gasteiger partial charge >= 0.3 is 0 Å². The van der Waals surface area contributed by atoms with Crippen molar-refractivity contribution in [3.63, 3.8) is 0 Å². The van der Waals surface area contributed by atoms with E-state index in [4.69, 9.17) is 0 Å². The summed E-state index contributed by atoms with van der Waals surface area (Å²) >= 11 is 2.77. The summed E-state index contributed by atoms with van der Waals surface area (Å²) in [6.07, 6.45) is 0. The number of hydrogen-bond donors (Lipinski definition) is 2. The molecule has 0 bridgehead atoms. The second-order valence-corrected chi connectivity index (χ2v) is 8.88. The lowest BCUT2D eigenvalue weighted by Gasteiger charge is -2.10. The number of nitrogens with one attached hydrogen (secondary N) is 2. The summed E-state index contributed by atoms with van der Waals surface area (Å²) in [5.41, 5.74) is 3.22. The summed E-state index contributed by atoms with van der Waals surface area (Å²) in [5, 5.41) is 14.7. The first kappa shape index (κ1) is 20.3. The molecule has 0 aliphatic rings. The molecule has 8 heteroatoms. The third-order valence-corrected chi connectivity index (χ3v) is 6.06. The molecular formula is C20H21FN4OS2. The van der Waals surface area contributed by atoms with Crippen molar-refractivity contribution in [3.8, 4) is 0 Å². The molecule has 3 aromatic rings. The van der Waals surface area contributed by atoms with Gasteiger partial charge in [-0.15, -0.1) is 10.2 Å². The lowest BCUT2D eigenvalue weighted by atomic mass is 10.1. The summed E-state index contributed by atoms with van der Waals surface area (Å²) in [5.74, 6) is -0.297. The van der Waals surface area contributed by atoms with Crippen LogP contribution in [-0.2, 0) is 17.9 Å². The van der Waals surface area contributed by atoms with Crippen LogP contribution in [0.1, 0.15) is 23.6 Å². The number of aryl methyl sites for hydroxylation is 1. The van der Waals surface area contributed by atoms with E-state index in [2.05, 4.69) is 20.8 Å². The van der Waals surface area contributed by atoms with Crippen LogP contribution < -0.4 is 10.6 Å².